The van der Waals surface area contributed by atoms with Gasteiger partial charge in [0.2, 0.25) is 6.71 Å². The maximum atomic E-state index is 2.84. The van der Waals surface area contributed by atoms with E-state index in [2.05, 4.69) is 348 Å². The SMILES string of the molecule is Cc1cc(C(C)(C)C)ccc1C1c2cc3c(cc2B2c4ccc(CCC(c5ccc(C(C)(C)C)cc5)c5ccc(C(C)(C)C)cc5)cc4N(c4cc5c(cc4C)C(C)(C)CCC5(C)C)c4cc(C(c5ccc(C(C)(C)C)cc5)c5ccc(C(C)(C)C)cc5)cc1c42)C(C)(C)CCC3(C)C. The summed E-state index contributed by atoms with van der Waals surface area (Å²) in [5.41, 5.74) is 36.6. The first-order valence-electron chi connectivity index (χ1n) is 38.0. The van der Waals surface area contributed by atoms with E-state index in [1.807, 2.05) is 0 Å². The second-order valence-corrected chi connectivity index (χ2v) is 39.2. The van der Waals surface area contributed by atoms with Crippen LogP contribution >= 0.6 is 0 Å². The van der Waals surface area contributed by atoms with E-state index in [1.165, 1.54) is 151 Å². The van der Waals surface area contributed by atoms with E-state index in [-0.39, 0.29) is 73.2 Å². The largest absolute Gasteiger partial charge is 0.311 e. The monoisotopic (exact) mass is 1310 g/mol. The predicted molar refractivity (Wildman–Crippen MR) is 430 cm³/mol. The molecule has 0 amide bonds. The van der Waals surface area contributed by atoms with Gasteiger partial charge in [0.05, 0.1) is 0 Å². The minimum Gasteiger partial charge on any atom is -0.311 e. The van der Waals surface area contributed by atoms with Crippen LogP contribution in [-0.4, -0.2) is 6.71 Å². The van der Waals surface area contributed by atoms with Crippen molar-refractivity contribution < 1.29 is 0 Å². The van der Waals surface area contributed by atoms with Crippen LogP contribution in [0.1, 0.15) is 320 Å². The summed E-state index contributed by atoms with van der Waals surface area (Å²) in [5, 5.41) is 0. The Balaban J connectivity index is 1.13. The summed E-state index contributed by atoms with van der Waals surface area (Å²) in [4.78, 5) is 2.84. The number of nitrogens with zero attached hydrogens (tertiary/aromatic N) is 1. The lowest BCUT2D eigenvalue weighted by atomic mass is 9.30. The molecule has 9 aromatic rings. The summed E-state index contributed by atoms with van der Waals surface area (Å²) in [6.45, 7) is 60.2. The van der Waals surface area contributed by atoms with Gasteiger partial charge in [0.1, 0.15) is 0 Å². The van der Waals surface area contributed by atoms with E-state index >= 15 is 0 Å². The summed E-state index contributed by atoms with van der Waals surface area (Å²) in [5.74, 6) is 0.123. The highest BCUT2D eigenvalue weighted by Gasteiger charge is 2.49. The first-order chi connectivity index (χ1) is 46.0. The van der Waals surface area contributed by atoms with E-state index < -0.39 is 0 Å². The Labute approximate surface area is 600 Å². The van der Waals surface area contributed by atoms with Crippen LogP contribution in [0.3, 0.4) is 0 Å². The van der Waals surface area contributed by atoms with E-state index in [0.29, 0.717) is 0 Å². The smallest absolute Gasteiger partial charge is 0.247 e. The van der Waals surface area contributed by atoms with Crippen molar-refractivity contribution in [1.82, 2.24) is 0 Å². The summed E-state index contributed by atoms with van der Waals surface area (Å²) in [6, 6.07) is 70.6. The normalized spacial score (nSPS) is 17.6. The Morgan fingerprint density at radius 1 is 0.354 bits per heavy atom. The van der Waals surface area contributed by atoms with Gasteiger partial charge in [-0.15, -0.1) is 0 Å². The first kappa shape index (κ1) is 70.3. The fourth-order valence-electron chi connectivity index (χ4n) is 17.9. The third-order valence-electron chi connectivity index (χ3n) is 24.9. The highest BCUT2D eigenvalue weighted by Crippen LogP contribution is 2.54. The second-order valence-electron chi connectivity index (χ2n) is 39.2. The lowest BCUT2D eigenvalue weighted by Crippen LogP contribution is -2.62. The minimum atomic E-state index is -0.0616. The Hall–Kier alpha value is -7.16. The van der Waals surface area contributed by atoms with Crippen LogP contribution < -0.4 is 21.3 Å². The molecule has 99 heavy (non-hydrogen) atoms. The van der Waals surface area contributed by atoms with Crippen LogP contribution in [0, 0.1) is 13.8 Å². The lowest BCUT2D eigenvalue weighted by molar-refractivity contribution is 0.332. The number of rotatable bonds is 10. The zero-order chi connectivity index (χ0) is 71.4. The first-order valence-corrected chi connectivity index (χ1v) is 38.0. The highest BCUT2D eigenvalue weighted by atomic mass is 15.2. The molecule has 1 atom stereocenters. The second kappa shape index (κ2) is 24.3. The predicted octanol–water partition coefficient (Wildman–Crippen LogP) is 24.2. The third kappa shape index (κ3) is 12.9. The number of benzene rings is 9. The topological polar surface area (TPSA) is 3.24 Å². The number of hydrogen-bond donors (Lipinski definition) is 0. The zero-order valence-corrected chi connectivity index (χ0v) is 65.7. The maximum absolute atomic E-state index is 2.84. The molecule has 1 unspecified atom stereocenters. The van der Waals surface area contributed by atoms with E-state index in [1.54, 1.807) is 0 Å². The molecule has 0 aromatic heterocycles. The summed E-state index contributed by atoms with van der Waals surface area (Å²) >= 11 is 0. The Morgan fingerprint density at radius 3 is 1.21 bits per heavy atom. The molecule has 4 aliphatic rings. The lowest BCUT2D eigenvalue weighted by Gasteiger charge is -2.47. The average molecular weight is 1310 g/mol. The van der Waals surface area contributed by atoms with Crippen molar-refractivity contribution in [2.75, 3.05) is 4.90 Å². The molecule has 9 aromatic carbocycles. The molecule has 0 N–H and O–H groups in total. The number of aryl methyl sites for hydroxylation is 3. The van der Waals surface area contributed by atoms with Crippen molar-refractivity contribution in [3.05, 3.63) is 281 Å². The molecule has 2 aliphatic carbocycles. The van der Waals surface area contributed by atoms with E-state index in [9.17, 15) is 0 Å². The maximum Gasteiger partial charge on any atom is 0.247 e. The third-order valence-corrected chi connectivity index (χ3v) is 24.9. The van der Waals surface area contributed by atoms with Crippen LogP contribution in [0.15, 0.2) is 170 Å². The highest BCUT2D eigenvalue weighted by molar-refractivity contribution is 6.99. The van der Waals surface area contributed by atoms with Gasteiger partial charge in [-0.1, -0.05) is 316 Å². The van der Waals surface area contributed by atoms with Gasteiger partial charge in [0, 0.05) is 34.8 Å². The molecule has 2 heteroatoms. The van der Waals surface area contributed by atoms with Gasteiger partial charge in [-0.2, -0.15) is 0 Å². The molecule has 0 saturated carbocycles. The van der Waals surface area contributed by atoms with Crippen LogP contribution in [-0.2, 0) is 55.2 Å². The van der Waals surface area contributed by atoms with Crippen LogP contribution in [0.5, 0.6) is 0 Å². The van der Waals surface area contributed by atoms with Crippen LogP contribution in [0.25, 0.3) is 0 Å². The zero-order valence-electron chi connectivity index (χ0n) is 65.7. The van der Waals surface area contributed by atoms with Gasteiger partial charge < -0.3 is 4.90 Å². The van der Waals surface area contributed by atoms with Gasteiger partial charge in [-0.05, 0) is 242 Å². The minimum absolute atomic E-state index is 0.000803. The summed E-state index contributed by atoms with van der Waals surface area (Å²) in [7, 11) is 0. The Bertz CT molecular complexity index is 4450. The molecular formula is C97H118BN. The van der Waals surface area contributed by atoms with E-state index in [4.69, 9.17) is 0 Å². The Morgan fingerprint density at radius 2 is 0.768 bits per heavy atom. The molecule has 514 valence electrons. The van der Waals surface area contributed by atoms with Gasteiger partial charge >= 0.3 is 0 Å². The summed E-state index contributed by atoms with van der Waals surface area (Å²) in [6.07, 6.45) is 6.55. The molecular weight excluding hydrogens is 1190 g/mol. The molecule has 0 saturated heterocycles. The van der Waals surface area contributed by atoms with Crippen molar-refractivity contribution in [2.45, 2.75) is 278 Å². The molecule has 2 aliphatic heterocycles. The van der Waals surface area contributed by atoms with Crippen molar-refractivity contribution in [1.29, 1.82) is 0 Å². The average Bonchev–Trinajstić information content (AvgIpc) is 0.686. The van der Waals surface area contributed by atoms with Crippen molar-refractivity contribution in [3.8, 4) is 0 Å². The molecule has 0 spiro atoms. The number of anilines is 3. The standard InChI is InChI=1S/C97H118BN/c1-60-52-72(93(15,16)17)44-46-73(60)87-75-57-78-79(96(22,23)50-49-95(78,20)21)58-82(75)98-81-47-27-62(26-45-74(63-28-36-68(37-29-63)89(3,4)5)64-30-38-69(39-31-64)90(6,7)8)54-84(81)99(83-59-80-77(53-61(83)2)94(18,19)48-51-97(80,24)25)85-56-67(55-76(87)88(85)98)86(65-32-40-70(41-33-65)91(9,10)11)66-34-42-71(43-35-66)92(12,13)14/h27-44,46-47,52-59,74,86-87H,26,45,48-51H2,1-25H3. The fourth-order valence-corrected chi connectivity index (χ4v) is 17.9. The Kier molecular flexibility index (Phi) is 17.2. The molecule has 0 bridgehead atoms. The molecule has 13 rings (SSSR count). The quantitative estimate of drug-likeness (QED) is 0.0974. The molecule has 0 radical (unpaired) electrons. The van der Waals surface area contributed by atoms with Crippen LogP contribution in [0.2, 0.25) is 0 Å². The van der Waals surface area contributed by atoms with Crippen molar-refractivity contribution in [3.63, 3.8) is 0 Å². The van der Waals surface area contributed by atoms with Gasteiger partial charge in [0.25, 0.3) is 0 Å². The number of fused-ring (bicyclic) bond motifs is 6. The molecule has 0 fully saturated rings. The van der Waals surface area contributed by atoms with Gasteiger partial charge in [-0.25, -0.2) is 0 Å². The fraction of sp³-hybridized carbons (Fsp3) is 0.443. The van der Waals surface area contributed by atoms with Crippen LogP contribution in [0.4, 0.5) is 17.1 Å². The number of hydrogen-bond acceptors (Lipinski definition) is 1. The molecule has 2 heterocycles. The van der Waals surface area contributed by atoms with Crippen molar-refractivity contribution in [2.24, 2.45) is 0 Å². The summed E-state index contributed by atoms with van der Waals surface area (Å²) < 4.78 is 0. The van der Waals surface area contributed by atoms with E-state index in [0.717, 1.165) is 32.1 Å². The van der Waals surface area contributed by atoms with Gasteiger partial charge in [0.15, 0.2) is 0 Å². The molecule has 1 nitrogen and oxygen atoms in total. The van der Waals surface area contributed by atoms with Crippen molar-refractivity contribution >= 4 is 40.2 Å². The van der Waals surface area contributed by atoms with Gasteiger partial charge in [-0.3, -0.25) is 0 Å².